The molecule has 2 aliphatic heterocycles. The molecular weight excluding hydrogens is 296 g/mol. The fourth-order valence-electron chi connectivity index (χ4n) is 2.67. The highest BCUT2D eigenvalue weighted by Crippen LogP contribution is 2.40. The van der Waals surface area contributed by atoms with E-state index in [2.05, 4.69) is 10.8 Å². The molecular formula is C14H15ClN2O4. The van der Waals surface area contributed by atoms with Gasteiger partial charge in [-0.3, -0.25) is 10.3 Å². The summed E-state index contributed by atoms with van der Waals surface area (Å²) < 4.78 is 5.05. The molecule has 0 aromatic heterocycles. The molecule has 7 heteroatoms. The zero-order chi connectivity index (χ0) is 14.9. The SMILES string of the molecule is O=C(O)OC1=C(c2ccc(Cl)cc2)NOC12CCNCC2. The average molecular weight is 311 g/mol. The van der Waals surface area contributed by atoms with E-state index in [1.54, 1.807) is 24.3 Å². The second-order valence-corrected chi connectivity index (χ2v) is 5.46. The van der Waals surface area contributed by atoms with Crippen LogP contribution in [0.3, 0.4) is 0 Å². The van der Waals surface area contributed by atoms with Crippen molar-refractivity contribution >= 4 is 23.5 Å². The fraction of sp³-hybridized carbons (Fsp3) is 0.357. The van der Waals surface area contributed by atoms with Crippen LogP contribution in [0.15, 0.2) is 30.0 Å². The van der Waals surface area contributed by atoms with Crippen LogP contribution in [-0.2, 0) is 9.57 Å². The molecule has 1 fully saturated rings. The van der Waals surface area contributed by atoms with Gasteiger partial charge in [-0.25, -0.2) is 4.79 Å². The summed E-state index contributed by atoms with van der Waals surface area (Å²) in [6, 6.07) is 7.05. The lowest BCUT2D eigenvalue weighted by atomic mass is 9.89. The Hall–Kier alpha value is -1.76. The van der Waals surface area contributed by atoms with Gasteiger partial charge in [-0.2, -0.15) is 0 Å². The molecule has 0 atom stereocenters. The van der Waals surface area contributed by atoms with Crippen LogP contribution >= 0.6 is 11.6 Å². The van der Waals surface area contributed by atoms with E-state index < -0.39 is 11.8 Å². The maximum atomic E-state index is 11.0. The molecule has 21 heavy (non-hydrogen) atoms. The first-order valence-electron chi connectivity index (χ1n) is 6.67. The monoisotopic (exact) mass is 310 g/mol. The number of carboxylic acid groups (broad SMARTS) is 1. The molecule has 2 aliphatic rings. The van der Waals surface area contributed by atoms with Gasteiger partial charge in [0.15, 0.2) is 11.4 Å². The van der Waals surface area contributed by atoms with Gasteiger partial charge in [0.25, 0.3) is 0 Å². The summed E-state index contributed by atoms with van der Waals surface area (Å²) >= 11 is 5.88. The van der Waals surface area contributed by atoms with Crippen LogP contribution in [0.4, 0.5) is 4.79 Å². The Morgan fingerprint density at radius 3 is 2.57 bits per heavy atom. The summed E-state index contributed by atoms with van der Waals surface area (Å²) in [4.78, 5) is 16.7. The van der Waals surface area contributed by atoms with Crippen LogP contribution in [0.25, 0.3) is 5.70 Å². The summed E-state index contributed by atoms with van der Waals surface area (Å²) in [6.07, 6.45) is -0.0685. The standard InChI is InChI=1S/C14H15ClN2O4/c15-10-3-1-9(2-4-10)11-12(20-13(18)19)14(21-17-11)5-7-16-8-6-14/h1-4,16-17H,5-8H2,(H,18,19). The van der Waals surface area contributed by atoms with Crippen molar-refractivity contribution in [2.24, 2.45) is 0 Å². The van der Waals surface area contributed by atoms with Crippen LogP contribution in [0.1, 0.15) is 18.4 Å². The van der Waals surface area contributed by atoms with Gasteiger partial charge >= 0.3 is 6.16 Å². The second-order valence-electron chi connectivity index (χ2n) is 5.03. The smallest absolute Gasteiger partial charge is 0.449 e. The van der Waals surface area contributed by atoms with E-state index >= 15 is 0 Å². The van der Waals surface area contributed by atoms with Crippen LogP contribution in [-0.4, -0.2) is 30.0 Å². The molecule has 1 aromatic rings. The van der Waals surface area contributed by atoms with Crippen molar-refractivity contribution < 1.29 is 19.5 Å². The van der Waals surface area contributed by atoms with E-state index in [9.17, 15) is 4.79 Å². The fourth-order valence-corrected chi connectivity index (χ4v) is 2.79. The van der Waals surface area contributed by atoms with E-state index in [1.165, 1.54) is 0 Å². The van der Waals surface area contributed by atoms with E-state index in [0.717, 1.165) is 18.7 Å². The summed E-state index contributed by atoms with van der Waals surface area (Å²) in [7, 11) is 0. The second kappa shape index (κ2) is 5.55. The van der Waals surface area contributed by atoms with Crippen molar-refractivity contribution in [1.82, 2.24) is 10.8 Å². The Morgan fingerprint density at radius 2 is 1.95 bits per heavy atom. The lowest BCUT2D eigenvalue weighted by Crippen LogP contribution is -2.45. The average Bonchev–Trinajstić information content (AvgIpc) is 2.79. The third-order valence-electron chi connectivity index (χ3n) is 3.72. The lowest BCUT2D eigenvalue weighted by Gasteiger charge is -2.32. The van der Waals surface area contributed by atoms with Crippen molar-refractivity contribution in [3.8, 4) is 0 Å². The number of halogens is 1. The van der Waals surface area contributed by atoms with Gasteiger partial charge in [0.1, 0.15) is 5.70 Å². The molecule has 1 spiro atoms. The highest BCUT2D eigenvalue weighted by Gasteiger charge is 2.47. The zero-order valence-electron chi connectivity index (χ0n) is 11.2. The third kappa shape index (κ3) is 2.70. The Kier molecular flexibility index (Phi) is 3.75. The van der Waals surface area contributed by atoms with Crippen molar-refractivity contribution in [2.45, 2.75) is 18.4 Å². The molecule has 1 saturated heterocycles. The van der Waals surface area contributed by atoms with Crippen molar-refractivity contribution in [3.05, 3.63) is 40.6 Å². The van der Waals surface area contributed by atoms with Crippen LogP contribution in [0.5, 0.6) is 0 Å². The number of ether oxygens (including phenoxy) is 1. The maximum Gasteiger partial charge on any atom is 0.511 e. The first-order valence-corrected chi connectivity index (χ1v) is 7.05. The molecule has 0 bridgehead atoms. The Labute approximate surface area is 126 Å². The normalized spacial score (nSPS) is 20.4. The molecule has 0 amide bonds. The number of rotatable bonds is 2. The first kappa shape index (κ1) is 14.2. The number of benzene rings is 1. The number of nitrogens with one attached hydrogen (secondary N) is 2. The van der Waals surface area contributed by atoms with E-state index in [4.69, 9.17) is 26.3 Å². The Balaban J connectivity index is 2.02. The van der Waals surface area contributed by atoms with E-state index in [0.29, 0.717) is 29.3 Å². The predicted molar refractivity (Wildman–Crippen MR) is 76.5 cm³/mol. The van der Waals surface area contributed by atoms with Gasteiger partial charge in [-0.15, -0.1) is 0 Å². The van der Waals surface area contributed by atoms with Gasteiger partial charge < -0.3 is 15.2 Å². The molecule has 0 aliphatic carbocycles. The van der Waals surface area contributed by atoms with Crippen LogP contribution in [0.2, 0.25) is 5.02 Å². The maximum absolute atomic E-state index is 11.0. The lowest BCUT2D eigenvalue weighted by molar-refractivity contribution is -0.0781. The minimum Gasteiger partial charge on any atom is -0.449 e. The van der Waals surface area contributed by atoms with Gasteiger partial charge in [0, 0.05) is 10.6 Å². The minimum absolute atomic E-state index is 0.318. The van der Waals surface area contributed by atoms with Crippen molar-refractivity contribution in [2.75, 3.05) is 13.1 Å². The molecule has 112 valence electrons. The van der Waals surface area contributed by atoms with Crippen molar-refractivity contribution in [3.63, 3.8) is 0 Å². The van der Waals surface area contributed by atoms with Gasteiger partial charge in [0.2, 0.25) is 0 Å². The molecule has 0 saturated carbocycles. The Bertz CT molecular complexity index is 579. The highest BCUT2D eigenvalue weighted by molar-refractivity contribution is 6.30. The minimum atomic E-state index is -1.35. The number of piperidine rings is 1. The predicted octanol–water partition coefficient (Wildman–Crippen LogP) is 2.36. The van der Waals surface area contributed by atoms with Crippen LogP contribution in [0, 0.1) is 0 Å². The van der Waals surface area contributed by atoms with Gasteiger partial charge in [0.05, 0.1) is 0 Å². The number of hydrogen-bond acceptors (Lipinski definition) is 5. The molecule has 3 rings (SSSR count). The summed E-state index contributed by atoms with van der Waals surface area (Å²) in [5, 5.41) is 12.8. The highest BCUT2D eigenvalue weighted by atomic mass is 35.5. The topological polar surface area (TPSA) is 79.8 Å². The first-order chi connectivity index (χ1) is 10.1. The summed E-state index contributed by atoms with van der Waals surface area (Å²) in [5.74, 6) is 0.318. The number of carbonyl (C=O) groups is 1. The van der Waals surface area contributed by atoms with E-state index in [-0.39, 0.29) is 0 Å². The summed E-state index contributed by atoms with van der Waals surface area (Å²) in [6.45, 7) is 1.48. The number of hydrogen-bond donors (Lipinski definition) is 3. The molecule has 0 unspecified atom stereocenters. The Morgan fingerprint density at radius 1 is 1.29 bits per heavy atom. The van der Waals surface area contributed by atoms with Gasteiger partial charge in [-0.1, -0.05) is 23.7 Å². The zero-order valence-corrected chi connectivity index (χ0v) is 11.9. The third-order valence-corrected chi connectivity index (χ3v) is 3.97. The number of hydroxylamine groups is 1. The molecule has 0 radical (unpaired) electrons. The van der Waals surface area contributed by atoms with Crippen LogP contribution < -0.4 is 10.8 Å². The quantitative estimate of drug-likeness (QED) is 0.728. The van der Waals surface area contributed by atoms with Gasteiger partial charge in [-0.05, 0) is 38.1 Å². The molecule has 1 aromatic carbocycles. The largest absolute Gasteiger partial charge is 0.511 e. The molecule has 3 N–H and O–H groups in total. The molecule has 6 nitrogen and oxygen atoms in total. The van der Waals surface area contributed by atoms with E-state index in [1.807, 2.05) is 0 Å². The van der Waals surface area contributed by atoms with Crippen molar-refractivity contribution in [1.29, 1.82) is 0 Å². The summed E-state index contributed by atoms with van der Waals surface area (Å²) in [5.41, 5.74) is 3.40. The molecule has 2 heterocycles.